The van der Waals surface area contributed by atoms with E-state index in [-0.39, 0.29) is 0 Å². The number of hydrogen-bond donors (Lipinski definition) is 1. The first-order chi connectivity index (χ1) is 11.6. The largest absolute Gasteiger partial charge is 0.314 e. The molecule has 4 rings (SSSR count). The molecule has 1 aromatic carbocycles. The Hall–Kier alpha value is -1.39. The fraction of sp³-hybridized carbons (Fsp3) is 0.650. The highest BCUT2D eigenvalue weighted by atomic mass is 16.2. The Morgan fingerprint density at radius 2 is 2.04 bits per heavy atom. The number of rotatable bonds is 4. The molecule has 0 spiro atoms. The van der Waals surface area contributed by atoms with Gasteiger partial charge in [-0.15, -0.1) is 0 Å². The second kappa shape index (κ2) is 6.49. The average molecular weight is 327 g/mol. The van der Waals surface area contributed by atoms with Gasteiger partial charge in [-0.1, -0.05) is 12.1 Å². The number of nitrogens with zero attached hydrogens (tertiary/aromatic N) is 2. The molecule has 2 atom stereocenters. The third-order valence-electron chi connectivity index (χ3n) is 5.83. The minimum atomic E-state index is 0.297. The van der Waals surface area contributed by atoms with Gasteiger partial charge >= 0.3 is 0 Å². The zero-order valence-electron chi connectivity index (χ0n) is 14.9. The third kappa shape index (κ3) is 3.09. The fourth-order valence-corrected chi connectivity index (χ4v) is 4.27. The Kier molecular flexibility index (Phi) is 4.35. The van der Waals surface area contributed by atoms with Crippen molar-refractivity contribution in [1.29, 1.82) is 0 Å². The van der Waals surface area contributed by atoms with E-state index >= 15 is 0 Å². The van der Waals surface area contributed by atoms with Gasteiger partial charge in [-0.25, -0.2) is 0 Å². The topological polar surface area (TPSA) is 35.6 Å². The second-order valence-electron chi connectivity index (χ2n) is 7.84. The number of piperazine rings is 1. The molecule has 130 valence electrons. The Balaban J connectivity index is 1.47. The maximum atomic E-state index is 12.6. The van der Waals surface area contributed by atoms with Crippen molar-refractivity contribution in [3.8, 4) is 0 Å². The van der Waals surface area contributed by atoms with Gasteiger partial charge in [-0.3, -0.25) is 9.69 Å². The Morgan fingerprint density at radius 3 is 2.75 bits per heavy atom. The van der Waals surface area contributed by atoms with Crippen LogP contribution in [0.2, 0.25) is 0 Å². The van der Waals surface area contributed by atoms with Gasteiger partial charge in [0.15, 0.2) is 0 Å². The smallest absolute Gasteiger partial charge is 0.230 e. The van der Waals surface area contributed by atoms with Crippen LogP contribution in [0.3, 0.4) is 0 Å². The van der Waals surface area contributed by atoms with Crippen LogP contribution in [0.5, 0.6) is 0 Å². The van der Waals surface area contributed by atoms with Gasteiger partial charge in [0, 0.05) is 49.9 Å². The highest BCUT2D eigenvalue weighted by molar-refractivity contribution is 5.98. The molecule has 4 heteroatoms. The van der Waals surface area contributed by atoms with Crippen molar-refractivity contribution in [2.45, 2.75) is 51.6 Å². The highest BCUT2D eigenvalue weighted by Crippen LogP contribution is 2.39. The minimum absolute atomic E-state index is 0.297. The summed E-state index contributed by atoms with van der Waals surface area (Å²) in [4.78, 5) is 17.2. The Labute approximate surface area is 145 Å². The average Bonchev–Trinajstić information content (AvgIpc) is 3.38. The summed E-state index contributed by atoms with van der Waals surface area (Å²) in [5, 5.41) is 3.42. The summed E-state index contributed by atoms with van der Waals surface area (Å²) in [6.07, 6.45) is 4.26. The van der Waals surface area contributed by atoms with Crippen LogP contribution in [-0.4, -0.2) is 49.1 Å². The van der Waals surface area contributed by atoms with Crippen LogP contribution in [0.25, 0.3) is 0 Å². The van der Waals surface area contributed by atoms with Crippen molar-refractivity contribution in [3.63, 3.8) is 0 Å². The van der Waals surface area contributed by atoms with E-state index in [1.54, 1.807) is 0 Å². The van der Waals surface area contributed by atoms with Gasteiger partial charge in [0.25, 0.3) is 0 Å². The van der Waals surface area contributed by atoms with Crippen LogP contribution in [0.15, 0.2) is 18.2 Å². The molecule has 2 heterocycles. The van der Waals surface area contributed by atoms with E-state index in [0.717, 1.165) is 57.5 Å². The van der Waals surface area contributed by atoms with Gasteiger partial charge in [-0.2, -0.15) is 0 Å². The summed E-state index contributed by atoms with van der Waals surface area (Å²) in [7, 11) is 0. The number of amides is 1. The van der Waals surface area contributed by atoms with Gasteiger partial charge < -0.3 is 10.2 Å². The number of carbonyl (C=O) groups is 1. The van der Waals surface area contributed by atoms with Gasteiger partial charge in [0.05, 0.1) is 0 Å². The molecule has 3 aliphatic rings. The molecular formula is C20H29N3O. The van der Waals surface area contributed by atoms with Gasteiger partial charge in [0.1, 0.15) is 0 Å². The van der Waals surface area contributed by atoms with E-state index in [1.807, 2.05) is 0 Å². The molecule has 1 N–H and O–H groups in total. The summed E-state index contributed by atoms with van der Waals surface area (Å²) >= 11 is 0. The normalized spacial score (nSPS) is 25.6. The molecular weight excluding hydrogens is 298 g/mol. The molecule has 1 aliphatic carbocycles. The van der Waals surface area contributed by atoms with Crippen molar-refractivity contribution in [1.82, 2.24) is 10.2 Å². The number of benzene rings is 1. The van der Waals surface area contributed by atoms with Crippen molar-refractivity contribution < 1.29 is 4.79 Å². The molecule has 4 nitrogen and oxygen atoms in total. The maximum Gasteiger partial charge on any atom is 0.230 e. The molecule has 24 heavy (non-hydrogen) atoms. The predicted molar refractivity (Wildman–Crippen MR) is 97.4 cm³/mol. The van der Waals surface area contributed by atoms with Crippen LogP contribution in [0.4, 0.5) is 5.69 Å². The van der Waals surface area contributed by atoms with E-state index in [4.69, 9.17) is 0 Å². The van der Waals surface area contributed by atoms with Crippen LogP contribution < -0.4 is 10.2 Å². The number of hydrogen-bond acceptors (Lipinski definition) is 3. The molecule has 0 aromatic heterocycles. The second-order valence-corrected chi connectivity index (χ2v) is 7.84. The lowest BCUT2D eigenvalue weighted by Crippen LogP contribution is -2.48. The SMILES string of the molecule is CC(Cc1ccc2c(c1)CC(C)N2C(=O)C1CC1)N1CCNCC1. The van der Waals surface area contributed by atoms with Crippen molar-refractivity contribution in [3.05, 3.63) is 29.3 Å². The summed E-state index contributed by atoms with van der Waals surface area (Å²) in [6.45, 7) is 9.02. The van der Waals surface area contributed by atoms with E-state index in [9.17, 15) is 4.79 Å². The number of anilines is 1. The van der Waals surface area contributed by atoms with Crippen molar-refractivity contribution >= 4 is 11.6 Å². The minimum Gasteiger partial charge on any atom is -0.314 e. The summed E-state index contributed by atoms with van der Waals surface area (Å²) in [5.74, 6) is 0.647. The zero-order valence-corrected chi connectivity index (χ0v) is 14.9. The molecule has 2 aliphatic heterocycles. The van der Waals surface area contributed by atoms with E-state index in [1.165, 1.54) is 11.1 Å². The first-order valence-corrected chi connectivity index (χ1v) is 9.53. The van der Waals surface area contributed by atoms with Crippen LogP contribution >= 0.6 is 0 Å². The van der Waals surface area contributed by atoms with Crippen molar-refractivity contribution in [2.75, 3.05) is 31.1 Å². The summed E-state index contributed by atoms with van der Waals surface area (Å²) < 4.78 is 0. The van der Waals surface area contributed by atoms with E-state index in [0.29, 0.717) is 23.9 Å². The molecule has 0 bridgehead atoms. The summed E-state index contributed by atoms with van der Waals surface area (Å²) in [5.41, 5.74) is 3.94. The number of fused-ring (bicyclic) bond motifs is 1. The fourth-order valence-electron chi connectivity index (χ4n) is 4.27. The zero-order chi connectivity index (χ0) is 16.7. The highest BCUT2D eigenvalue weighted by Gasteiger charge is 2.39. The van der Waals surface area contributed by atoms with Crippen LogP contribution in [-0.2, 0) is 17.6 Å². The lowest BCUT2D eigenvalue weighted by atomic mass is 10.0. The monoisotopic (exact) mass is 327 g/mol. The molecule has 1 amide bonds. The van der Waals surface area contributed by atoms with E-state index < -0.39 is 0 Å². The molecule has 2 unspecified atom stereocenters. The molecule has 0 radical (unpaired) electrons. The number of carbonyl (C=O) groups excluding carboxylic acids is 1. The van der Waals surface area contributed by atoms with Gasteiger partial charge in [-0.05, 0) is 56.7 Å². The molecule has 1 saturated carbocycles. The lowest BCUT2D eigenvalue weighted by molar-refractivity contribution is -0.120. The Morgan fingerprint density at radius 1 is 1.29 bits per heavy atom. The standard InChI is InChI=1S/C20H29N3O/c1-14(22-9-7-21-8-10-22)11-16-3-6-19-18(13-16)12-15(2)23(19)20(24)17-4-5-17/h3,6,13-15,17,21H,4-5,7-12H2,1-2H3. The quantitative estimate of drug-likeness (QED) is 0.921. The molecule has 2 fully saturated rings. The maximum absolute atomic E-state index is 12.6. The van der Waals surface area contributed by atoms with Crippen molar-refractivity contribution in [2.24, 2.45) is 5.92 Å². The number of nitrogens with one attached hydrogen (secondary N) is 1. The Bertz CT molecular complexity index is 619. The third-order valence-corrected chi connectivity index (χ3v) is 5.83. The lowest BCUT2D eigenvalue weighted by Gasteiger charge is -2.33. The summed E-state index contributed by atoms with van der Waals surface area (Å²) in [6, 6.07) is 7.67. The first-order valence-electron chi connectivity index (χ1n) is 9.53. The van der Waals surface area contributed by atoms with Crippen LogP contribution in [0.1, 0.15) is 37.8 Å². The first kappa shape index (κ1) is 16.1. The van der Waals surface area contributed by atoms with Gasteiger partial charge in [0.2, 0.25) is 5.91 Å². The van der Waals surface area contributed by atoms with Crippen LogP contribution in [0, 0.1) is 5.92 Å². The van der Waals surface area contributed by atoms with E-state index in [2.05, 4.69) is 47.2 Å². The molecule has 1 saturated heterocycles. The predicted octanol–water partition coefficient (Wildman–Crippen LogP) is 2.21. The molecule has 1 aromatic rings.